The lowest BCUT2D eigenvalue weighted by Gasteiger charge is -2.24. The number of piperidine rings is 1. The Morgan fingerprint density at radius 3 is 2.60 bits per heavy atom. The standard InChI is InChI=1S/C12H20N2O/c15-12(11-9-4-1-5-10(9)11)14-8-3-2-6-13-7-8/h8-11,13H,1-7H2,(H,14,15)/t8-,9?,10?,11?/m0/s1. The third-order valence-electron chi connectivity index (χ3n) is 4.35. The first kappa shape index (κ1) is 9.64. The molecule has 1 heterocycles. The Kier molecular flexibility index (Phi) is 2.43. The minimum absolute atomic E-state index is 0.346. The monoisotopic (exact) mass is 208 g/mol. The number of hydrogen-bond acceptors (Lipinski definition) is 2. The smallest absolute Gasteiger partial charge is 0.223 e. The minimum Gasteiger partial charge on any atom is -0.352 e. The zero-order chi connectivity index (χ0) is 10.3. The average Bonchev–Trinajstić information content (AvgIpc) is 2.75. The summed E-state index contributed by atoms with van der Waals surface area (Å²) < 4.78 is 0. The average molecular weight is 208 g/mol. The summed E-state index contributed by atoms with van der Waals surface area (Å²) in [6, 6.07) is 0.396. The first-order valence-electron chi connectivity index (χ1n) is 6.37. The molecule has 3 aliphatic rings. The van der Waals surface area contributed by atoms with E-state index in [-0.39, 0.29) is 0 Å². The van der Waals surface area contributed by atoms with E-state index < -0.39 is 0 Å². The van der Waals surface area contributed by atoms with Crippen molar-refractivity contribution in [1.82, 2.24) is 10.6 Å². The molecule has 3 rings (SSSR count). The van der Waals surface area contributed by atoms with Crippen LogP contribution in [0.15, 0.2) is 0 Å². The molecule has 0 radical (unpaired) electrons. The molecule has 3 atom stereocenters. The molecule has 3 nitrogen and oxygen atoms in total. The van der Waals surface area contributed by atoms with Crippen molar-refractivity contribution in [3.63, 3.8) is 0 Å². The summed E-state index contributed by atoms with van der Waals surface area (Å²) >= 11 is 0. The highest BCUT2D eigenvalue weighted by atomic mass is 16.2. The fourth-order valence-corrected chi connectivity index (χ4v) is 3.48. The van der Waals surface area contributed by atoms with Gasteiger partial charge in [0.05, 0.1) is 0 Å². The molecule has 15 heavy (non-hydrogen) atoms. The van der Waals surface area contributed by atoms with Crippen LogP contribution in [0.3, 0.4) is 0 Å². The van der Waals surface area contributed by atoms with Crippen LogP contribution in [0.5, 0.6) is 0 Å². The Bertz CT molecular complexity index is 250. The third kappa shape index (κ3) is 1.78. The summed E-state index contributed by atoms with van der Waals surface area (Å²) in [5, 5.41) is 6.54. The predicted molar refractivity (Wildman–Crippen MR) is 58.4 cm³/mol. The van der Waals surface area contributed by atoms with Crippen LogP contribution in [0.25, 0.3) is 0 Å². The molecule has 1 amide bonds. The second-order valence-electron chi connectivity index (χ2n) is 5.34. The van der Waals surface area contributed by atoms with Crippen molar-refractivity contribution in [3.8, 4) is 0 Å². The van der Waals surface area contributed by atoms with Crippen molar-refractivity contribution in [2.45, 2.75) is 38.1 Å². The third-order valence-corrected chi connectivity index (χ3v) is 4.35. The molecule has 3 heteroatoms. The lowest BCUT2D eigenvalue weighted by molar-refractivity contribution is -0.123. The van der Waals surface area contributed by atoms with E-state index in [1.807, 2.05) is 0 Å². The molecular weight excluding hydrogens is 188 g/mol. The Hall–Kier alpha value is -0.570. The van der Waals surface area contributed by atoms with Crippen molar-refractivity contribution in [1.29, 1.82) is 0 Å². The van der Waals surface area contributed by atoms with E-state index in [9.17, 15) is 4.79 Å². The highest BCUT2D eigenvalue weighted by Crippen LogP contribution is 2.57. The van der Waals surface area contributed by atoms with Gasteiger partial charge in [-0.15, -0.1) is 0 Å². The molecule has 0 aromatic heterocycles. The predicted octanol–water partition coefficient (Wildman–Crippen LogP) is 0.901. The van der Waals surface area contributed by atoms with E-state index in [0.717, 1.165) is 31.3 Å². The van der Waals surface area contributed by atoms with Crippen LogP contribution < -0.4 is 10.6 Å². The van der Waals surface area contributed by atoms with Crippen LogP contribution in [0, 0.1) is 17.8 Å². The number of rotatable bonds is 2. The number of carbonyl (C=O) groups excluding carboxylic acids is 1. The molecule has 2 N–H and O–H groups in total. The maximum Gasteiger partial charge on any atom is 0.223 e. The molecule has 1 aliphatic heterocycles. The van der Waals surface area contributed by atoms with Gasteiger partial charge in [0.1, 0.15) is 0 Å². The second-order valence-corrected chi connectivity index (χ2v) is 5.34. The Balaban J connectivity index is 1.49. The summed E-state index contributed by atoms with van der Waals surface area (Å²) in [5.74, 6) is 2.24. The van der Waals surface area contributed by atoms with Crippen molar-refractivity contribution in [2.75, 3.05) is 13.1 Å². The summed E-state index contributed by atoms with van der Waals surface area (Å²) in [5.41, 5.74) is 0. The van der Waals surface area contributed by atoms with Crippen LogP contribution in [0.4, 0.5) is 0 Å². The second kappa shape index (κ2) is 3.78. The van der Waals surface area contributed by atoms with Gasteiger partial charge in [-0.3, -0.25) is 4.79 Å². The van der Waals surface area contributed by atoms with E-state index in [2.05, 4.69) is 10.6 Å². The molecule has 3 fully saturated rings. The van der Waals surface area contributed by atoms with E-state index in [4.69, 9.17) is 0 Å². The Morgan fingerprint density at radius 2 is 1.93 bits per heavy atom. The molecule has 1 saturated heterocycles. The molecule has 0 spiro atoms. The first-order chi connectivity index (χ1) is 7.36. The maximum atomic E-state index is 11.9. The largest absolute Gasteiger partial charge is 0.352 e. The van der Waals surface area contributed by atoms with Crippen molar-refractivity contribution < 1.29 is 4.79 Å². The molecular formula is C12H20N2O. The van der Waals surface area contributed by atoms with Gasteiger partial charge in [0.15, 0.2) is 0 Å². The van der Waals surface area contributed by atoms with Crippen LogP contribution in [-0.2, 0) is 4.79 Å². The Labute approximate surface area is 91.0 Å². The number of amides is 1. The summed E-state index contributed by atoms with van der Waals surface area (Å²) in [6.45, 7) is 2.08. The van der Waals surface area contributed by atoms with Gasteiger partial charge in [0.2, 0.25) is 5.91 Å². The van der Waals surface area contributed by atoms with E-state index in [1.165, 1.54) is 25.7 Å². The van der Waals surface area contributed by atoms with Crippen LogP contribution in [0.1, 0.15) is 32.1 Å². The number of carbonyl (C=O) groups is 1. The lowest BCUT2D eigenvalue weighted by Crippen LogP contribution is -2.46. The summed E-state index contributed by atoms with van der Waals surface area (Å²) in [6.07, 6.45) is 6.30. The SMILES string of the molecule is O=C(N[C@H]1CCCNC1)C1C2CCCC21. The van der Waals surface area contributed by atoms with Gasteiger partial charge in [-0.2, -0.15) is 0 Å². The molecule has 2 aliphatic carbocycles. The van der Waals surface area contributed by atoms with Gasteiger partial charge in [-0.05, 0) is 44.1 Å². The maximum absolute atomic E-state index is 11.9. The van der Waals surface area contributed by atoms with Gasteiger partial charge in [-0.1, -0.05) is 6.42 Å². The number of fused-ring (bicyclic) bond motifs is 1. The normalized spacial score (nSPS) is 43.5. The van der Waals surface area contributed by atoms with E-state index in [0.29, 0.717) is 17.9 Å². The van der Waals surface area contributed by atoms with E-state index >= 15 is 0 Å². The quantitative estimate of drug-likeness (QED) is 0.708. The molecule has 0 aromatic carbocycles. The zero-order valence-electron chi connectivity index (χ0n) is 9.17. The van der Waals surface area contributed by atoms with Gasteiger partial charge in [0.25, 0.3) is 0 Å². The molecule has 0 aromatic rings. The zero-order valence-corrected chi connectivity index (χ0v) is 9.17. The van der Waals surface area contributed by atoms with Crippen LogP contribution >= 0.6 is 0 Å². The van der Waals surface area contributed by atoms with Crippen molar-refractivity contribution in [2.24, 2.45) is 17.8 Å². The summed E-state index contributed by atoms with van der Waals surface area (Å²) in [4.78, 5) is 11.9. The lowest BCUT2D eigenvalue weighted by atomic mass is 10.1. The highest BCUT2D eigenvalue weighted by Gasteiger charge is 2.56. The molecule has 2 saturated carbocycles. The van der Waals surface area contributed by atoms with Crippen LogP contribution in [0.2, 0.25) is 0 Å². The molecule has 0 bridgehead atoms. The summed E-state index contributed by atoms with van der Waals surface area (Å²) in [7, 11) is 0. The topological polar surface area (TPSA) is 41.1 Å². The van der Waals surface area contributed by atoms with Crippen molar-refractivity contribution >= 4 is 5.91 Å². The van der Waals surface area contributed by atoms with Gasteiger partial charge in [0, 0.05) is 18.5 Å². The van der Waals surface area contributed by atoms with Gasteiger partial charge in [-0.25, -0.2) is 0 Å². The fourth-order valence-electron chi connectivity index (χ4n) is 3.48. The first-order valence-corrected chi connectivity index (χ1v) is 6.37. The van der Waals surface area contributed by atoms with Crippen LogP contribution in [-0.4, -0.2) is 25.0 Å². The fraction of sp³-hybridized carbons (Fsp3) is 0.917. The number of nitrogens with one attached hydrogen (secondary N) is 2. The van der Waals surface area contributed by atoms with Gasteiger partial charge >= 0.3 is 0 Å². The molecule has 84 valence electrons. The Morgan fingerprint density at radius 1 is 1.13 bits per heavy atom. The highest BCUT2D eigenvalue weighted by molar-refractivity contribution is 5.82. The minimum atomic E-state index is 0.346. The van der Waals surface area contributed by atoms with E-state index in [1.54, 1.807) is 0 Å². The van der Waals surface area contributed by atoms with Gasteiger partial charge < -0.3 is 10.6 Å². The molecule has 2 unspecified atom stereocenters. The number of hydrogen-bond donors (Lipinski definition) is 2. The van der Waals surface area contributed by atoms with Crippen molar-refractivity contribution in [3.05, 3.63) is 0 Å².